The van der Waals surface area contributed by atoms with E-state index in [1.54, 1.807) is 49.6 Å². The number of hydrogen-bond donors (Lipinski definition) is 3. The van der Waals surface area contributed by atoms with Crippen molar-refractivity contribution in [2.45, 2.75) is 18.9 Å². The third-order valence-electron chi connectivity index (χ3n) is 4.82. The molecular weight excluding hydrogens is 408 g/mol. The van der Waals surface area contributed by atoms with E-state index >= 15 is 0 Å². The van der Waals surface area contributed by atoms with Crippen LogP contribution in [0.25, 0.3) is 5.76 Å². The Hall–Kier alpha value is -3.39. The highest BCUT2D eigenvalue weighted by molar-refractivity contribution is 6.33. The molecule has 8 nitrogen and oxygen atoms in total. The van der Waals surface area contributed by atoms with Crippen LogP contribution in [0.15, 0.2) is 42.5 Å². The Bertz CT molecular complexity index is 1040. The zero-order valence-corrected chi connectivity index (χ0v) is 17.0. The highest BCUT2D eigenvalue weighted by Crippen LogP contribution is 2.37. The molecule has 1 heterocycles. The zero-order valence-electron chi connectivity index (χ0n) is 16.3. The number of carbonyl (C=O) groups is 2. The first kappa shape index (κ1) is 19.9. The van der Waals surface area contributed by atoms with Crippen molar-refractivity contribution >= 4 is 40.8 Å². The summed E-state index contributed by atoms with van der Waals surface area (Å²) >= 11 is 6.32. The van der Waals surface area contributed by atoms with Crippen molar-refractivity contribution in [1.29, 1.82) is 0 Å². The van der Waals surface area contributed by atoms with Gasteiger partial charge in [0.15, 0.2) is 0 Å². The number of hydrogen-bond acceptors (Lipinski definition) is 4. The molecule has 2 aliphatic rings. The van der Waals surface area contributed by atoms with E-state index in [-0.39, 0.29) is 18.6 Å². The number of carbonyl (C=O) groups excluding carboxylic acids is 2. The van der Waals surface area contributed by atoms with E-state index < -0.39 is 6.03 Å². The number of nitrogens with two attached hydrogens (primary N) is 1. The van der Waals surface area contributed by atoms with Gasteiger partial charge in [0.25, 0.3) is 0 Å². The minimum Gasteiger partial charge on any atom is -0.497 e. The van der Waals surface area contributed by atoms with E-state index in [1.807, 2.05) is 0 Å². The van der Waals surface area contributed by atoms with E-state index in [1.165, 1.54) is 4.90 Å². The summed E-state index contributed by atoms with van der Waals surface area (Å²) in [6.07, 6.45) is 3.77. The summed E-state index contributed by atoms with van der Waals surface area (Å²) in [5, 5.41) is 5.93. The number of nitrogens with zero attached hydrogens (tertiary/aromatic N) is 1. The van der Waals surface area contributed by atoms with Gasteiger partial charge in [0, 0.05) is 30.3 Å². The van der Waals surface area contributed by atoms with E-state index in [2.05, 4.69) is 10.6 Å². The Kier molecular flexibility index (Phi) is 5.41. The largest absolute Gasteiger partial charge is 0.497 e. The Morgan fingerprint density at radius 3 is 2.60 bits per heavy atom. The maximum absolute atomic E-state index is 11.9. The van der Waals surface area contributed by atoms with Crippen molar-refractivity contribution in [2.75, 3.05) is 23.9 Å². The second-order valence-corrected chi connectivity index (χ2v) is 7.42. The third-order valence-corrected chi connectivity index (χ3v) is 5.13. The quantitative estimate of drug-likeness (QED) is 0.670. The van der Waals surface area contributed by atoms with Crippen LogP contribution in [0.2, 0.25) is 5.02 Å². The fraction of sp³-hybridized carbons (Fsp3) is 0.238. The summed E-state index contributed by atoms with van der Waals surface area (Å²) in [6.45, 7) is 0.263. The van der Waals surface area contributed by atoms with Crippen LogP contribution in [0.3, 0.4) is 0 Å². The van der Waals surface area contributed by atoms with Crippen LogP contribution in [-0.4, -0.2) is 31.8 Å². The van der Waals surface area contributed by atoms with Gasteiger partial charge in [-0.1, -0.05) is 11.6 Å². The number of rotatable bonds is 5. The van der Waals surface area contributed by atoms with Crippen molar-refractivity contribution in [1.82, 2.24) is 5.32 Å². The van der Waals surface area contributed by atoms with Crippen LogP contribution < -0.4 is 30.7 Å². The van der Waals surface area contributed by atoms with E-state index in [4.69, 9.17) is 26.8 Å². The molecule has 4 N–H and O–H groups in total. The van der Waals surface area contributed by atoms with Gasteiger partial charge in [-0.25, -0.2) is 9.59 Å². The fourth-order valence-electron chi connectivity index (χ4n) is 3.12. The normalized spacial score (nSPS) is 15.0. The Morgan fingerprint density at radius 1 is 1.17 bits per heavy atom. The van der Waals surface area contributed by atoms with Crippen LogP contribution in [0, 0.1) is 0 Å². The minimum absolute atomic E-state index is 0.253. The van der Waals surface area contributed by atoms with Gasteiger partial charge in [-0.2, -0.15) is 0 Å². The number of amides is 4. The predicted molar refractivity (Wildman–Crippen MR) is 115 cm³/mol. The summed E-state index contributed by atoms with van der Waals surface area (Å²) in [5.41, 5.74) is 7.29. The van der Waals surface area contributed by atoms with Gasteiger partial charge >= 0.3 is 12.1 Å². The van der Waals surface area contributed by atoms with E-state index in [0.29, 0.717) is 39.2 Å². The smallest absolute Gasteiger partial charge is 0.319 e. The van der Waals surface area contributed by atoms with E-state index in [9.17, 15) is 9.59 Å². The molecule has 4 rings (SSSR count). The first-order chi connectivity index (χ1) is 14.4. The lowest BCUT2D eigenvalue weighted by Gasteiger charge is -2.28. The molecule has 4 amide bonds. The number of anilines is 2. The van der Waals surface area contributed by atoms with Gasteiger partial charge in [-0.15, -0.1) is 0 Å². The number of halogens is 1. The van der Waals surface area contributed by atoms with Crippen LogP contribution in [0.1, 0.15) is 18.4 Å². The molecule has 0 bridgehead atoms. The standard InChI is InChI=1S/C21H21ClN4O4/c1-29-13-4-6-15-18(11-13)26(20(23)27)9-8-19(15)30-14-5-7-17(16(22)10-14)25-21(28)24-12-2-3-12/h4-8,10-12H,2-3,9H2,1H3,(H2,23,27)(H2,24,25,28). The average Bonchev–Trinajstić information content (AvgIpc) is 3.53. The number of nitrogens with one attached hydrogen (secondary N) is 2. The number of benzene rings is 2. The average molecular weight is 429 g/mol. The van der Waals surface area contributed by atoms with Crippen molar-refractivity contribution < 1.29 is 19.1 Å². The maximum Gasteiger partial charge on any atom is 0.319 e. The molecule has 1 saturated carbocycles. The molecule has 0 radical (unpaired) electrons. The summed E-state index contributed by atoms with van der Waals surface area (Å²) < 4.78 is 11.3. The summed E-state index contributed by atoms with van der Waals surface area (Å²) in [6, 6.07) is 9.73. The summed E-state index contributed by atoms with van der Waals surface area (Å²) in [4.78, 5) is 25.2. The van der Waals surface area contributed by atoms with Gasteiger partial charge < -0.3 is 25.8 Å². The number of urea groups is 2. The molecular formula is C21H21ClN4O4. The fourth-order valence-corrected chi connectivity index (χ4v) is 3.33. The lowest BCUT2D eigenvalue weighted by Crippen LogP contribution is -2.38. The summed E-state index contributed by atoms with van der Waals surface area (Å²) in [7, 11) is 1.55. The van der Waals surface area contributed by atoms with Crippen LogP contribution in [-0.2, 0) is 0 Å². The molecule has 30 heavy (non-hydrogen) atoms. The highest BCUT2D eigenvalue weighted by Gasteiger charge is 2.25. The van der Waals surface area contributed by atoms with Gasteiger partial charge in [0.2, 0.25) is 0 Å². The molecule has 9 heteroatoms. The molecule has 1 fully saturated rings. The lowest BCUT2D eigenvalue weighted by atomic mass is 10.1. The highest BCUT2D eigenvalue weighted by atomic mass is 35.5. The van der Waals surface area contributed by atoms with Gasteiger partial charge in [0.05, 0.1) is 23.5 Å². The SMILES string of the molecule is COc1ccc2c(c1)N(C(N)=O)CC=C2Oc1ccc(NC(=O)NC2CC2)c(Cl)c1. The second-order valence-electron chi connectivity index (χ2n) is 7.02. The second kappa shape index (κ2) is 8.16. The Morgan fingerprint density at radius 2 is 1.93 bits per heavy atom. The van der Waals surface area contributed by atoms with Crippen molar-refractivity contribution in [3.8, 4) is 11.5 Å². The molecule has 0 spiro atoms. The monoisotopic (exact) mass is 428 g/mol. The molecule has 2 aromatic rings. The number of ether oxygens (including phenoxy) is 2. The number of methoxy groups -OCH3 is 1. The number of primary amides is 1. The first-order valence-corrected chi connectivity index (χ1v) is 9.83. The molecule has 1 aliphatic carbocycles. The van der Waals surface area contributed by atoms with Gasteiger partial charge in [0.1, 0.15) is 17.3 Å². The van der Waals surface area contributed by atoms with Crippen LogP contribution in [0.5, 0.6) is 11.5 Å². The predicted octanol–water partition coefficient (Wildman–Crippen LogP) is 3.95. The maximum atomic E-state index is 11.9. The minimum atomic E-state index is -0.567. The van der Waals surface area contributed by atoms with Crippen molar-refractivity contribution in [3.05, 3.63) is 53.1 Å². The van der Waals surface area contributed by atoms with Crippen molar-refractivity contribution in [2.24, 2.45) is 5.73 Å². The molecule has 0 saturated heterocycles. The van der Waals surface area contributed by atoms with Crippen LogP contribution in [0.4, 0.5) is 21.0 Å². The molecule has 0 aromatic heterocycles. The molecule has 0 atom stereocenters. The van der Waals surface area contributed by atoms with Gasteiger partial charge in [-0.3, -0.25) is 4.90 Å². The Balaban J connectivity index is 1.53. The topological polar surface area (TPSA) is 106 Å². The molecule has 156 valence electrons. The summed E-state index contributed by atoms with van der Waals surface area (Å²) in [5.74, 6) is 1.66. The zero-order chi connectivity index (χ0) is 21.3. The van der Waals surface area contributed by atoms with Crippen LogP contribution >= 0.6 is 11.6 Å². The lowest BCUT2D eigenvalue weighted by molar-refractivity contribution is 0.251. The number of fused-ring (bicyclic) bond motifs is 1. The Labute approximate surface area is 178 Å². The molecule has 2 aromatic carbocycles. The van der Waals surface area contributed by atoms with Gasteiger partial charge in [-0.05, 0) is 43.2 Å². The van der Waals surface area contributed by atoms with E-state index in [0.717, 1.165) is 12.8 Å². The third kappa shape index (κ3) is 4.28. The molecule has 0 unspecified atom stereocenters. The first-order valence-electron chi connectivity index (χ1n) is 9.45. The van der Waals surface area contributed by atoms with Crippen molar-refractivity contribution in [3.63, 3.8) is 0 Å². The molecule has 1 aliphatic heterocycles.